The van der Waals surface area contributed by atoms with E-state index in [1.54, 1.807) is 24.3 Å². The van der Waals surface area contributed by atoms with E-state index < -0.39 is 10.0 Å². The molecule has 7 heteroatoms. The van der Waals surface area contributed by atoms with Crippen molar-refractivity contribution in [1.82, 2.24) is 9.62 Å². The molecule has 134 valence electrons. The average Bonchev–Trinajstić information content (AvgIpc) is 2.90. The van der Waals surface area contributed by atoms with Crippen molar-refractivity contribution in [2.45, 2.75) is 37.0 Å². The van der Waals surface area contributed by atoms with Crippen LogP contribution in [0.15, 0.2) is 34.2 Å². The fourth-order valence-electron chi connectivity index (χ4n) is 4.33. The molecule has 1 saturated carbocycles. The van der Waals surface area contributed by atoms with Gasteiger partial charge in [-0.25, -0.2) is 8.42 Å². The minimum atomic E-state index is -3.55. The third-order valence-corrected chi connectivity index (χ3v) is 7.08. The molecule has 6 nitrogen and oxygen atoms in total. The number of amides is 1. The highest BCUT2D eigenvalue weighted by molar-refractivity contribution is 7.90. The molecule has 3 aliphatic rings. The van der Waals surface area contributed by atoms with Crippen LogP contribution in [0.3, 0.4) is 0 Å². The first-order valence-electron chi connectivity index (χ1n) is 8.99. The van der Waals surface area contributed by atoms with Gasteiger partial charge in [0.2, 0.25) is 5.91 Å². The van der Waals surface area contributed by atoms with Gasteiger partial charge in [-0.15, -0.1) is 0 Å². The quantitative estimate of drug-likeness (QED) is 0.872. The fourth-order valence-corrected chi connectivity index (χ4v) is 5.58. The van der Waals surface area contributed by atoms with Crippen LogP contribution in [-0.2, 0) is 14.8 Å². The summed E-state index contributed by atoms with van der Waals surface area (Å²) >= 11 is 0. The Kier molecular flexibility index (Phi) is 4.27. The second-order valence-corrected chi connectivity index (χ2v) is 8.85. The van der Waals surface area contributed by atoms with Crippen molar-refractivity contribution in [3.05, 3.63) is 29.8 Å². The van der Waals surface area contributed by atoms with Crippen LogP contribution in [0.1, 0.15) is 37.7 Å². The summed E-state index contributed by atoms with van der Waals surface area (Å²) in [6.07, 6.45) is 6.19. The summed E-state index contributed by atoms with van der Waals surface area (Å²) in [4.78, 5) is 19.0. The van der Waals surface area contributed by atoms with Crippen LogP contribution >= 0.6 is 0 Å². The molecular formula is C18H23N3O3S. The summed E-state index contributed by atoms with van der Waals surface area (Å²) in [7, 11) is -3.55. The van der Waals surface area contributed by atoms with Gasteiger partial charge in [-0.05, 0) is 36.8 Å². The van der Waals surface area contributed by atoms with E-state index in [-0.39, 0.29) is 23.2 Å². The first kappa shape index (κ1) is 16.6. The lowest BCUT2D eigenvalue weighted by Gasteiger charge is -2.41. The lowest BCUT2D eigenvalue weighted by atomic mass is 9.75. The lowest BCUT2D eigenvalue weighted by molar-refractivity contribution is -0.132. The number of nitrogens with one attached hydrogen (secondary N) is 1. The van der Waals surface area contributed by atoms with Gasteiger partial charge >= 0.3 is 0 Å². The van der Waals surface area contributed by atoms with E-state index in [0.717, 1.165) is 25.4 Å². The largest absolute Gasteiger partial charge is 0.341 e. The summed E-state index contributed by atoms with van der Waals surface area (Å²) in [5, 5.41) is 0. The van der Waals surface area contributed by atoms with Gasteiger partial charge in [0.1, 0.15) is 12.4 Å². The number of fused-ring (bicyclic) bond motifs is 2. The van der Waals surface area contributed by atoms with Crippen molar-refractivity contribution in [2.24, 2.45) is 16.8 Å². The van der Waals surface area contributed by atoms with Crippen LogP contribution in [0.2, 0.25) is 0 Å². The number of carbonyl (C=O) groups is 1. The van der Waals surface area contributed by atoms with Gasteiger partial charge in [0.25, 0.3) is 10.0 Å². The maximum atomic E-state index is 12.5. The van der Waals surface area contributed by atoms with E-state index in [9.17, 15) is 13.2 Å². The van der Waals surface area contributed by atoms with Crippen molar-refractivity contribution in [2.75, 3.05) is 19.6 Å². The van der Waals surface area contributed by atoms with Crippen LogP contribution in [-0.4, -0.2) is 44.7 Å². The van der Waals surface area contributed by atoms with Crippen molar-refractivity contribution >= 4 is 21.8 Å². The minimum Gasteiger partial charge on any atom is -0.341 e. The number of likely N-dealkylation sites (tertiary alicyclic amines) is 1. The van der Waals surface area contributed by atoms with Crippen LogP contribution in [0.25, 0.3) is 0 Å². The van der Waals surface area contributed by atoms with Gasteiger partial charge in [-0.2, -0.15) is 0 Å². The molecule has 0 spiro atoms. The van der Waals surface area contributed by atoms with Gasteiger partial charge < -0.3 is 4.90 Å². The highest BCUT2D eigenvalue weighted by Crippen LogP contribution is 2.36. The zero-order valence-corrected chi connectivity index (χ0v) is 15.0. The van der Waals surface area contributed by atoms with Gasteiger partial charge in [0.05, 0.1) is 4.90 Å². The molecule has 2 atom stereocenters. The monoisotopic (exact) mass is 361 g/mol. The number of hydrogen-bond acceptors (Lipinski definition) is 4. The first-order valence-corrected chi connectivity index (χ1v) is 10.5. The van der Waals surface area contributed by atoms with Crippen molar-refractivity contribution in [3.63, 3.8) is 0 Å². The third-order valence-electron chi connectivity index (χ3n) is 5.68. The molecule has 1 aliphatic carbocycles. The summed E-state index contributed by atoms with van der Waals surface area (Å²) in [6.45, 7) is 1.62. The molecule has 0 bridgehead atoms. The average molecular weight is 361 g/mol. The van der Waals surface area contributed by atoms with Gasteiger partial charge in [-0.1, -0.05) is 31.4 Å². The molecule has 1 amide bonds. The molecule has 1 aromatic carbocycles. The Bertz CT molecular complexity index is 819. The van der Waals surface area contributed by atoms with Gasteiger partial charge in [0, 0.05) is 18.7 Å². The van der Waals surface area contributed by atoms with E-state index in [0.29, 0.717) is 11.5 Å². The zero-order valence-electron chi connectivity index (χ0n) is 14.1. The number of piperidine rings is 1. The predicted octanol–water partition coefficient (Wildman–Crippen LogP) is 1.76. The Morgan fingerprint density at radius 2 is 1.92 bits per heavy atom. The Labute approximate surface area is 148 Å². The number of aliphatic imine (C=N–C) groups is 1. The molecule has 0 unspecified atom stereocenters. The molecule has 2 fully saturated rings. The van der Waals surface area contributed by atoms with E-state index in [2.05, 4.69) is 9.71 Å². The summed E-state index contributed by atoms with van der Waals surface area (Å²) in [5.74, 6) is 1.67. The van der Waals surface area contributed by atoms with Crippen LogP contribution in [0.4, 0.5) is 0 Å². The maximum Gasteiger partial charge on any atom is 0.263 e. The van der Waals surface area contributed by atoms with Gasteiger partial charge in [0.15, 0.2) is 0 Å². The second-order valence-electron chi connectivity index (χ2n) is 7.20. The van der Waals surface area contributed by atoms with E-state index in [1.165, 1.54) is 25.7 Å². The highest BCUT2D eigenvalue weighted by Gasteiger charge is 2.33. The second kappa shape index (κ2) is 6.44. The molecule has 2 heterocycles. The molecule has 2 aliphatic heterocycles. The Balaban J connectivity index is 1.45. The summed E-state index contributed by atoms with van der Waals surface area (Å²) < 4.78 is 26.6. The predicted molar refractivity (Wildman–Crippen MR) is 94.8 cm³/mol. The number of hydrogen-bond donors (Lipinski definition) is 1. The lowest BCUT2D eigenvalue weighted by Crippen LogP contribution is -2.45. The van der Waals surface area contributed by atoms with Crippen LogP contribution in [0, 0.1) is 11.8 Å². The number of benzene rings is 1. The molecule has 4 rings (SSSR count). The van der Waals surface area contributed by atoms with Crippen LogP contribution in [0.5, 0.6) is 0 Å². The van der Waals surface area contributed by atoms with E-state index in [4.69, 9.17) is 0 Å². The van der Waals surface area contributed by atoms with Crippen molar-refractivity contribution in [1.29, 1.82) is 0 Å². The molecule has 25 heavy (non-hydrogen) atoms. The molecule has 0 aromatic heterocycles. The number of sulfonamides is 1. The highest BCUT2D eigenvalue weighted by atomic mass is 32.2. The fraction of sp³-hybridized carbons (Fsp3) is 0.556. The maximum absolute atomic E-state index is 12.5. The van der Waals surface area contributed by atoms with E-state index in [1.807, 2.05) is 4.90 Å². The number of nitrogens with zero attached hydrogens (tertiary/aromatic N) is 2. The normalized spacial score (nSPS) is 29.0. The molecule has 0 radical (unpaired) electrons. The van der Waals surface area contributed by atoms with E-state index >= 15 is 0 Å². The molecule has 1 aromatic rings. The molecule has 1 saturated heterocycles. The van der Waals surface area contributed by atoms with Crippen molar-refractivity contribution < 1.29 is 13.2 Å². The third kappa shape index (κ3) is 3.17. The Morgan fingerprint density at radius 3 is 2.76 bits per heavy atom. The molecule has 1 N–H and O–H groups in total. The topological polar surface area (TPSA) is 78.8 Å². The minimum absolute atomic E-state index is 0.0103. The summed E-state index contributed by atoms with van der Waals surface area (Å²) in [5.41, 5.74) is 0.543. The summed E-state index contributed by atoms with van der Waals surface area (Å²) in [6, 6.07) is 6.71. The number of rotatable bonds is 2. The standard InChI is InChI=1S/C18H23N3O3S/c22-17(21-10-9-13-5-1-2-6-14(13)12-21)11-19-18-15-7-3-4-8-16(15)25(23,24)20-18/h3-4,7-8,13-14H,1-2,5-6,9-12H2,(H,19,20)/t13-,14+/m0/s1. The SMILES string of the molecule is O=C(CN=C1NS(=O)(=O)c2ccccc21)N1CC[C@@H]2CCCC[C@@H]2C1. The zero-order chi connectivity index (χ0) is 17.4. The molecular weight excluding hydrogens is 338 g/mol. The smallest absolute Gasteiger partial charge is 0.263 e. The Hall–Kier alpha value is -1.89. The number of carbonyl (C=O) groups excluding carboxylic acids is 1. The Morgan fingerprint density at radius 1 is 1.16 bits per heavy atom. The first-order chi connectivity index (χ1) is 12.0. The van der Waals surface area contributed by atoms with Crippen LogP contribution < -0.4 is 4.72 Å². The van der Waals surface area contributed by atoms with Gasteiger partial charge in [-0.3, -0.25) is 14.5 Å². The van der Waals surface area contributed by atoms with Crippen molar-refractivity contribution in [3.8, 4) is 0 Å². The number of amidine groups is 1.